The number of anilines is 1. The van der Waals surface area contributed by atoms with E-state index in [2.05, 4.69) is 25.9 Å². The Kier molecular flexibility index (Phi) is 2.90. The molecule has 0 aliphatic carbocycles. The van der Waals surface area contributed by atoms with Gasteiger partial charge in [-0.2, -0.15) is 9.78 Å². The number of ether oxygens (including phenoxy) is 1. The highest BCUT2D eigenvalue weighted by Gasteiger charge is 2.49. The molecule has 2 aromatic rings. The molecule has 5 nitrogen and oxygen atoms in total. The maximum absolute atomic E-state index is 12.5. The van der Waals surface area contributed by atoms with Crippen LogP contribution in [0.25, 0.3) is 5.69 Å². The predicted molar refractivity (Wildman–Crippen MR) is 83.0 cm³/mol. The van der Waals surface area contributed by atoms with E-state index in [1.807, 2.05) is 30.3 Å². The number of halogens is 1. The monoisotopic (exact) mass is 347 g/mol. The zero-order valence-corrected chi connectivity index (χ0v) is 12.9. The van der Waals surface area contributed by atoms with Crippen LogP contribution in [0.3, 0.4) is 0 Å². The fraction of sp³-hybridized carbons (Fsp3) is 0.333. The van der Waals surface area contributed by atoms with E-state index in [4.69, 9.17) is 4.74 Å². The highest BCUT2D eigenvalue weighted by atomic mass is 79.9. The van der Waals surface area contributed by atoms with Gasteiger partial charge >= 0.3 is 0 Å². The second kappa shape index (κ2) is 4.68. The summed E-state index contributed by atoms with van der Waals surface area (Å²) in [6.45, 7) is 3.52. The molecule has 2 saturated heterocycles. The molecule has 6 heteroatoms. The predicted octanol–water partition coefficient (Wildman–Crippen LogP) is 1.83. The quantitative estimate of drug-likeness (QED) is 0.831. The summed E-state index contributed by atoms with van der Waals surface area (Å²) in [4.78, 5) is 14.7. The van der Waals surface area contributed by atoms with Crippen molar-refractivity contribution < 1.29 is 4.74 Å². The summed E-state index contributed by atoms with van der Waals surface area (Å²) in [7, 11) is 0. The Bertz CT molecular complexity index is 732. The van der Waals surface area contributed by atoms with Crippen LogP contribution in [0.5, 0.6) is 0 Å². The van der Waals surface area contributed by atoms with Gasteiger partial charge in [0.25, 0.3) is 5.56 Å². The Balaban J connectivity index is 1.66. The summed E-state index contributed by atoms with van der Waals surface area (Å²) in [6.07, 6.45) is 1.75. The lowest BCUT2D eigenvalue weighted by Crippen LogP contribution is -2.66. The van der Waals surface area contributed by atoms with Crippen molar-refractivity contribution in [3.63, 3.8) is 0 Å². The third-order valence-corrected chi connectivity index (χ3v) is 4.86. The molecule has 2 aliphatic rings. The molecule has 0 saturated carbocycles. The molecule has 21 heavy (non-hydrogen) atoms. The van der Waals surface area contributed by atoms with Gasteiger partial charge < -0.3 is 9.64 Å². The molecule has 0 unspecified atom stereocenters. The summed E-state index contributed by atoms with van der Waals surface area (Å²) >= 11 is 3.43. The van der Waals surface area contributed by atoms with Crippen molar-refractivity contribution in [1.82, 2.24) is 9.78 Å². The smallest absolute Gasteiger partial charge is 0.287 e. The highest BCUT2D eigenvalue weighted by Crippen LogP contribution is 2.41. The number of hydrogen-bond acceptors (Lipinski definition) is 4. The second-order valence-corrected chi connectivity index (χ2v) is 6.54. The first-order valence-corrected chi connectivity index (χ1v) is 7.64. The van der Waals surface area contributed by atoms with E-state index in [-0.39, 0.29) is 5.56 Å². The maximum atomic E-state index is 12.5. The van der Waals surface area contributed by atoms with Crippen molar-refractivity contribution in [2.45, 2.75) is 0 Å². The van der Waals surface area contributed by atoms with Crippen LogP contribution in [0.1, 0.15) is 0 Å². The van der Waals surface area contributed by atoms with E-state index in [1.165, 1.54) is 4.68 Å². The van der Waals surface area contributed by atoms with Crippen LogP contribution in [0, 0.1) is 5.41 Å². The molecule has 108 valence electrons. The summed E-state index contributed by atoms with van der Waals surface area (Å²) in [5.41, 5.74) is 1.81. The Morgan fingerprint density at radius 3 is 2.52 bits per heavy atom. The molecule has 1 aromatic carbocycles. The van der Waals surface area contributed by atoms with Gasteiger partial charge in [0, 0.05) is 13.1 Å². The van der Waals surface area contributed by atoms with Gasteiger partial charge in [-0.25, -0.2) is 0 Å². The van der Waals surface area contributed by atoms with Crippen LogP contribution in [0.4, 0.5) is 5.69 Å². The lowest BCUT2D eigenvalue weighted by atomic mass is 9.78. The first-order chi connectivity index (χ1) is 10.2. The van der Waals surface area contributed by atoms with Gasteiger partial charge in [0.2, 0.25) is 0 Å². The molecule has 4 rings (SSSR count). The number of para-hydroxylation sites is 1. The molecule has 0 radical (unpaired) electrons. The van der Waals surface area contributed by atoms with Gasteiger partial charge in [0.15, 0.2) is 0 Å². The third-order valence-electron chi connectivity index (χ3n) is 4.11. The largest absolute Gasteiger partial charge is 0.380 e. The topological polar surface area (TPSA) is 47.4 Å². The van der Waals surface area contributed by atoms with Crippen LogP contribution >= 0.6 is 15.9 Å². The molecule has 3 heterocycles. The highest BCUT2D eigenvalue weighted by molar-refractivity contribution is 9.10. The summed E-state index contributed by atoms with van der Waals surface area (Å²) in [6, 6.07) is 9.43. The number of nitrogens with zero attached hydrogens (tertiary/aromatic N) is 3. The number of hydrogen-bond donors (Lipinski definition) is 0. The molecular formula is C15H14BrN3O2. The molecule has 0 N–H and O–H groups in total. The Hall–Kier alpha value is -1.66. The van der Waals surface area contributed by atoms with Crippen LogP contribution in [-0.4, -0.2) is 36.1 Å². The SMILES string of the molecule is O=c1c(Br)c(N2CC3(COC3)C2)cnn1-c1ccccc1. The number of benzene rings is 1. The number of aromatic nitrogens is 2. The fourth-order valence-electron chi connectivity index (χ4n) is 2.90. The van der Waals surface area contributed by atoms with Gasteiger partial charge in [0.05, 0.1) is 36.2 Å². The molecule has 1 spiro atoms. The van der Waals surface area contributed by atoms with Crippen LogP contribution in [0.15, 0.2) is 45.8 Å². The zero-order valence-electron chi connectivity index (χ0n) is 11.3. The summed E-state index contributed by atoms with van der Waals surface area (Å²) in [5, 5.41) is 4.31. The van der Waals surface area contributed by atoms with Crippen LogP contribution in [0.2, 0.25) is 0 Å². The van der Waals surface area contributed by atoms with E-state index in [0.29, 0.717) is 9.89 Å². The normalized spacial score (nSPS) is 19.2. The van der Waals surface area contributed by atoms with Gasteiger partial charge in [-0.15, -0.1) is 0 Å². The van der Waals surface area contributed by atoms with E-state index in [0.717, 1.165) is 37.7 Å². The third kappa shape index (κ3) is 2.01. The van der Waals surface area contributed by atoms with Crippen molar-refractivity contribution in [3.05, 3.63) is 51.4 Å². The zero-order chi connectivity index (χ0) is 14.4. The first-order valence-electron chi connectivity index (χ1n) is 6.85. The maximum Gasteiger partial charge on any atom is 0.287 e. The van der Waals surface area contributed by atoms with Crippen LogP contribution in [-0.2, 0) is 4.74 Å². The van der Waals surface area contributed by atoms with Crippen molar-refractivity contribution in [2.75, 3.05) is 31.2 Å². The van der Waals surface area contributed by atoms with Gasteiger partial charge in [0.1, 0.15) is 4.47 Å². The van der Waals surface area contributed by atoms with E-state index in [9.17, 15) is 4.79 Å². The number of rotatable bonds is 2. The molecule has 2 fully saturated rings. The van der Waals surface area contributed by atoms with Gasteiger partial charge in [-0.3, -0.25) is 4.79 Å². The van der Waals surface area contributed by atoms with Crippen molar-refractivity contribution in [3.8, 4) is 5.69 Å². The standard InChI is InChI=1S/C15H14BrN3O2/c16-13-12(18-7-15(8-18)9-21-10-15)6-17-19(14(13)20)11-4-2-1-3-5-11/h1-6H,7-10H2. The van der Waals surface area contributed by atoms with Crippen molar-refractivity contribution in [1.29, 1.82) is 0 Å². The second-order valence-electron chi connectivity index (χ2n) is 5.75. The van der Waals surface area contributed by atoms with Crippen LogP contribution < -0.4 is 10.5 Å². The average Bonchev–Trinajstić information content (AvgIpc) is 2.41. The Labute approximate surface area is 130 Å². The van der Waals surface area contributed by atoms with Crippen molar-refractivity contribution >= 4 is 21.6 Å². The summed E-state index contributed by atoms with van der Waals surface area (Å²) in [5.74, 6) is 0. The molecule has 0 atom stereocenters. The summed E-state index contributed by atoms with van der Waals surface area (Å²) < 4.78 is 7.25. The Morgan fingerprint density at radius 1 is 1.19 bits per heavy atom. The minimum atomic E-state index is -0.135. The van der Waals surface area contributed by atoms with Crippen molar-refractivity contribution in [2.24, 2.45) is 5.41 Å². The minimum absolute atomic E-state index is 0.135. The minimum Gasteiger partial charge on any atom is -0.380 e. The van der Waals surface area contributed by atoms with Gasteiger partial charge in [-0.1, -0.05) is 18.2 Å². The van der Waals surface area contributed by atoms with E-state index >= 15 is 0 Å². The molecule has 0 amide bonds. The lowest BCUT2D eigenvalue weighted by Gasteiger charge is -2.55. The lowest BCUT2D eigenvalue weighted by molar-refractivity contribution is -0.127. The molecular weight excluding hydrogens is 334 g/mol. The molecule has 2 aliphatic heterocycles. The molecule has 0 bridgehead atoms. The average molecular weight is 348 g/mol. The first kappa shape index (κ1) is 13.0. The van der Waals surface area contributed by atoms with E-state index in [1.54, 1.807) is 6.20 Å². The Morgan fingerprint density at radius 2 is 1.90 bits per heavy atom. The molecule has 1 aromatic heterocycles. The van der Waals surface area contributed by atoms with Gasteiger partial charge in [-0.05, 0) is 28.1 Å². The fourth-order valence-corrected chi connectivity index (χ4v) is 3.43. The van der Waals surface area contributed by atoms with E-state index < -0.39 is 0 Å².